The van der Waals surface area contributed by atoms with Crippen molar-refractivity contribution in [1.82, 2.24) is 0 Å². The van der Waals surface area contributed by atoms with E-state index < -0.39 is 0 Å². The van der Waals surface area contributed by atoms with Crippen LogP contribution in [0.5, 0.6) is 0 Å². The molecular formula is C11H16O2. The number of aldehydes is 1. The van der Waals surface area contributed by atoms with Crippen LogP contribution in [0.25, 0.3) is 0 Å². The van der Waals surface area contributed by atoms with Gasteiger partial charge in [-0.1, -0.05) is 20.8 Å². The topological polar surface area (TPSA) is 30.2 Å². The van der Waals surface area contributed by atoms with E-state index in [-0.39, 0.29) is 5.41 Å². The van der Waals surface area contributed by atoms with Crippen LogP contribution in [-0.2, 0) is 5.41 Å². The molecule has 2 heteroatoms. The normalized spacial score (nSPS) is 11.7. The minimum absolute atomic E-state index is 0.0199. The first-order chi connectivity index (χ1) is 6.01. The van der Waals surface area contributed by atoms with Crippen molar-refractivity contribution in [3.63, 3.8) is 0 Å². The lowest BCUT2D eigenvalue weighted by atomic mass is 9.87. The molecule has 13 heavy (non-hydrogen) atoms. The Morgan fingerprint density at radius 1 is 1.54 bits per heavy atom. The summed E-state index contributed by atoms with van der Waals surface area (Å²) in [5.74, 6) is 1.61. The summed E-state index contributed by atoms with van der Waals surface area (Å²) in [7, 11) is 0. The van der Waals surface area contributed by atoms with Gasteiger partial charge in [0.05, 0.1) is 5.56 Å². The van der Waals surface area contributed by atoms with Crippen LogP contribution in [0.1, 0.15) is 49.1 Å². The van der Waals surface area contributed by atoms with Gasteiger partial charge in [0.15, 0.2) is 6.29 Å². The molecule has 1 heterocycles. The summed E-state index contributed by atoms with van der Waals surface area (Å²) in [4.78, 5) is 10.6. The van der Waals surface area contributed by atoms with E-state index in [9.17, 15) is 4.79 Å². The molecule has 0 unspecified atom stereocenters. The average Bonchev–Trinajstić information content (AvgIpc) is 2.47. The van der Waals surface area contributed by atoms with Crippen LogP contribution in [0.15, 0.2) is 10.5 Å². The Balaban J connectivity index is 3.10. The number of carbonyl (C=O) groups excluding carboxylic acids is 1. The maximum atomic E-state index is 10.6. The number of hydrogen-bond donors (Lipinski definition) is 0. The molecule has 0 aromatic carbocycles. The molecule has 1 rings (SSSR count). The summed E-state index contributed by atoms with van der Waals surface area (Å²) in [5.41, 5.74) is 0.683. The molecule has 1 aromatic rings. The molecule has 2 nitrogen and oxygen atoms in total. The summed E-state index contributed by atoms with van der Waals surface area (Å²) >= 11 is 0. The van der Waals surface area contributed by atoms with Gasteiger partial charge in [0.25, 0.3) is 0 Å². The maximum absolute atomic E-state index is 10.6. The SMILES string of the molecule is CCC(C)(C)c1cc(C=O)c(C)o1. The van der Waals surface area contributed by atoms with Crippen molar-refractivity contribution in [2.24, 2.45) is 0 Å². The second-order valence-electron chi connectivity index (χ2n) is 3.98. The van der Waals surface area contributed by atoms with Gasteiger partial charge in [0.2, 0.25) is 0 Å². The molecule has 0 aliphatic heterocycles. The van der Waals surface area contributed by atoms with Crippen molar-refractivity contribution < 1.29 is 9.21 Å². The van der Waals surface area contributed by atoms with Gasteiger partial charge in [-0.15, -0.1) is 0 Å². The Labute approximate surface area is 78.9 Å². The molecule has 0 saturated heterocycles. The first-order valence-corrected chi connectivity index (χ1v) is 4.57. The third-order valence-electron chi connectivity index (χ3n) is 2.63. The van der Waals surface area contributed by atoms with Gasteiger partial charge in [-0.3, -0.25) is 4.79 Å². The van der Waals surface area contributed by atoms with Crippen molar-refractivity contribution in [3.05, 3.63) is 23.2 Å². The fourth-order valence-corrected chi connectivity index (χ4v) is 1.12. The third kappa shape index (κ3) is 1.82. The Morgan fingerprint density at radius 2 is 2.15 bits per heavy atom. The number of hydrogen-bond acceptors (Lipinski definition) is 2. The second kappa shape index (κ2) is 3.36. The van der Waals surface area contributed by atoms with Gasteiger partial charge in [-0.25, -0.2) is 0 Å². The summed E-state index contributed by atoms with van der Waals surface area (Å²) in [6.07, 6.45) is 1.84. The van der Waals surface area contributed by atoms with E-state index in [0.717, 1.165) is 18.5 Å². The molecule has 0 atom stereocenters. The highest BCUT2D eigenvalue weighted by molar-refractivity contribution is 5.76. The molecule has 1 aromatic heterocycles. The van der Waals surface area contributed by atoms with Crippen molar-refractivity contribution in [3.8, 4) is 0 Å². The highest BCUT2D eigenvalue weighted by atomic mass is 16.3. The second-order valence-corrected chi connectivity index (χ2v) is 3.98. The Bertz CT molecular complexity index is 308. The van der Waals surface area contributed by atoms with Crippen LogP contribution in [0, 0.1) is 6.92 Å². The Hall–Kier alpha value is -1.05. The summed E-state index contributed by atoms with van der Waals surface area (Å²) < 4.78 is 5.53. The Kier molecular flexibility index (Phi) is 2.60. The van der Waals surface area contributed by atoms with Crippen LogP contribution in [0.2, 0.25) is 0 Å². The monoisotopic (exact) mass is 180 g/mol. The van der Waals surface area contributed by atoms with E-state index >= 15 is 0 Å². The maximum Gasteiger partial charge on any atom is 0.153 e. The first kappa shape index (κ1) is 10.0. The van der Waals surface area contributed by atoms with E-state index in [1.165, 1.54) is 0 Å². The molecule has 0 saturated carbocycles. The highest BCUT2D eigenvalue weighted by Gasteiger charge is 2.23. The van der Waals surface area contributed by atoms with Gasteiger partial charge in [0, 0.05) is 5.41 Å². The van der Waals surface area contributed by atoms with E-state index in [1.54, 1.807) is 0 Å². The van der Waals surface area contributed by atoms with Crippen molar-refractivity contribution in [1.29, 1.82) is 0 Å². The standard InChI is InChI=1S/C11H16O2/c1-5-11(3,4)10-6-9(7-12)8(2)13-10/h6-7H,5H2,1-4H3. The smallest absolute Gasteiger partial charge is 0.153 e. The molecule has 0 radical (unpaired) electrons. The van der Waals surface area contributed by atoms with Crippen LogP contribution < -0.4 is 0 Å². The molecular weight excluding hydrogens is 164 g/mol. The van der Waals surface area contributed by atoms with E-state index in [1.807, 2.05) is 13.0 Å². The first-order valence-electron chi connectivity index (χ1n) is 4.57. The number of carbonyl (C=O) groups is 1. The van der Waals surface area contributed by atoms with Gasteiger partial charge in [-0.05, 0) is 19.4 Å². The zero-order chi connectivity index (χ0) is 10.1. The molecule has 0 bridgehead atoms. The lowest BCUT2D eigenvalue weighted by Crippen LogP contribution is -2.13. The number of furan rings is 1. The average molecular weight is 180 g/mol. The molecule has 0 amide bonds. The van der Waals surface area contributed by atoms with Crippen molar-refractivity contribution >= 4 is 6.29 Å². The predicted octanol–water partition coefficient (Wildman–Crippen LogP) is 3.09. The number of aryl methyl sites for hydroxylation is 1. The third-order valence-corrected chi connectivity index (χ3v) is 2.63. The zero-order valence-corrected chi connectivity index (χ0v) is 8.68. The molecule has 0 spiro atoms. The molecule has 72 valence electrons. The van der Waals surface area contributed by atoms with Gasteiger partial charge in [0.1, 0.15) is 11.5 Å². The summed E-state index contributed by atoms with van der Waals surface area (Å²) in [6.45, 7) is 8.15. The lowest BCUT2D eigenvalue weighted by molar-refractivity contribution is 0.112. The fourth-order valence-electron chi connectivity index (χ4n) is 1.12. The van der Waals surface area contributed by atoms with Crippen LogP contribution in [-0.4, -0.2) is 6.29 Å². The molecule has 0 N–H and O–H groups in total. The Morgan fingerprint density at radius 3 is 2.54 bits per heavy atom. The fraction of sp³-hybridized carbons (Fsp3) is 0.545. The van der Waals surface area contributed by atoms with E-state index in [0.29, 0.717) is 11.3 Å². The zero-order valence-electron chi connectivity index (χ0n) is 8.68. The minimum atomic E-state index is 0.0199. The minimum Gasteiger partial charge on any atom is -0.465 e. The van der Waals surface area contributed by atoms with Gasteiger partial charge >= 0.3 is 0 Å². The predicted molar refractivity (Wildman–Crippen MR) is 52.1 cm³/mol. The lowest BCUT2D eigenvalue weighted by Gasteiger charge is -2.18. The van der Waals surface area contributed by atoms with Gasteiger partial charge in [-0.2, -0.15) is 0 Å². The number of rotatable bonds is 3. The van der Waals surface area contributed by atoms with Crippen LogP contribution in [0.3, 0.4) is 0 Å². The largest absolute Gasteiger partial charge is 0.465 e. The van der Waals surface area contributed by atoms with Crippen LogP contribution in [0.4, 0.5) is 0 Å². The van der Waals surface area contributed by atoms with Crippen molar-refractivity contribution in [2.75, 3.05) is 0 Å². The summed E-state index contributed by atoms with van der Waals surface area (Å²) in [5, 5.41) is 0. The van der Waals surface area contributed by atoms with E-state index in [4.69, 9.17) is 4.42 Å². The molecule has 0 aliphatic carbocycles. The summed E-state index contributed by atoms with van der Waals surface area (Å²) in [6, 6.07) is 1.84. The van der Waals surface area contributed by atoms with Gasteiger partial charge < -0.3 is 4.42 Å². The van der Waals surface area contributed by atoms with Crippen LogP contribution >= 0.6 is 0 Å². The van der Waals surface area contributed by atoms with E-state index in [2.05, 4.69) is 20.8 Å². The quantitative estimate of drug-likeness (QED) is 0.669. The highest BCUT2D eigenvalue weighted by Crippen LogP contribution is 2.29. The molecule has 0 aliphatic rings. The van der Waals surface area contributed by atoms with Crippen molar-refractivity contribution in [2.45, 2.75) is 39.5 Å². The molecule has 0 fully saturated rings.